The molecule has 1 aliphatic heterocycles. The second-order valence-electron chi connectivity index (χ2n) is 7.99. The number of aromatic nitrogens is 2. The van der Waals surface area contributed by atoms with Gasteiger partial charge in [0.05, 0.1) is 25.4 Å². The van der Waals surface area contributed by atoms with Gasteiger partial charge in [-0.3, -0.25) is 9.48 Å². The summed E-state index contributed by atoms with van der Waals surface area (Å²) in [4.78, 5) is 12.4. The van der Waals surface area contributed by atoms with E-state index in [2.05, 4.69) is 10.4 Å². The number of fused-ring (bicyclic) bond motifs is 1. The summed E-state index contributed by atoms with van der Waals surface area (Å²) in [6.07, 6.45) is 7.58. The van der Waals surface area contributed by atoms with Crippen LogP contribution in [0, 0.1) is 5.92 Å². The third-order valence-electron chi connectivity index (χ3n) is 5.66. The summed E-state index contributed by atoms with van der Waals surface area (Å²) in [7, 11) is 0. The molecule has 1 unspecified atom stereocenters. The summed E-state index contributed by atoms with van der Waals surface area (Å²) in [6.45, 7) is 2.13. The highest BCUT2D eigenvalue weighted by atomic mass is 16.5. The largest absolute Gasteiger partial charge is 0.490 e. The molecule has 7 heteroatoms. The first-order valence-corrected chi connectivity index (χ1v) is 10.5. The number of rotatable bonds is 7. The summed E-state index contributed by atoms with van der Waals surface area (Å²) in [5.41, 5.74) is 1.14. The lowest BCUT2D eigenvalue weighted by Gasteiger charge is -2.16. The molecule has 1 aromatic heterocycles. The van der Waals surface area contributed by atoms with E-state index in [0.29, 0.717) is 32.0 Å². The maximum Gasteiger partial charge on any atom is 0.220 e. The fourth-order valence-corrected chi connectivity index (χ4v) is 4.19. The highest BCUT2D eigenvalue weighted by Gasteiger charge is 2.34. The second kappa shape index (κ2) is 9.31. The van der Waals surface area contributed by atoms with Crippen LogP contribution in [0.2, 0.25) is 0 Å². The normalized spacial score (nSPS) is 23.6. The van der Waals surface area contributed by atoms with E-state index < -0.39 is 6.10 Å². The molecule has 0 saturated heterocycles. The van der Waals surface area contributed by atoms with E-state index >= 15 is 0 Å². The number of amides is 1. The zero-order chi connectivity index (χ0) is 20.1. The van der Waals surface area contributed by atoms with Crippen molar-refractivity contribution in [3.8, 4) is 11.5 Å². The van der Waals surface area contributed by atoms with Gasteiger partial charge in [0.2, 0.25) is 5.91 Å². The van der Waals surface area contributed by atoms with Crippen LogP contribution in [0.15, 0.2) is 36.7 Å². The molecule has 2 N–H and O–H groups in total. The maximum absolute atomic E-state index is 12.4. The zero-order valence-electron chi connectivity index (χ0n) is 16.6. The van der Waals surface area contributed by atoms with Crippen LogP contribution in [0.5, 0.6) is 11.5 Å². The van der Waals surface area contributed by atoms with Crippen LogP contribution in [0.4, 0.5) is 0 Å². The van der Waals surface area contributed by atoms with Gasteiger partial charge in [-0.05, 0) is 55.4 Å². The molecule has 7 nitrogen and oxygen atoms in total. The quantitative estimate of drug-likeness (QED) is 0.746. The minimum absolute atomic E-state index is 0.00290. The Balaban J connectivity index is 1.21. The Labute approximate surface area is 171 Å². The van der Waals surface area contributed by atoms with Crippen LogP contribution >= 0.6 is 0 Å². The fourth-order valence-electron chi connectivity index (χ4n) is 4.19. The van der Waals surface area contributed by atoms with Crippen molar-refractivity contribution in [2.24, 2.45) is 5.92 Å². The van der Waals surface area contributed by atoms with Crippen LogP contribution in [-0.4, -0.2) is 46.2 Å². The van der Waals surface area contributed by atoms with Gasteiger partial charge in [-0.2, -0.15) is 5.10 Å². The Kier molecular flexibility index (Phi) is 6.34. The number of aliphatic hydroxyl groups excluding tert-OH is 1. The number of ether oxygens (including phenoxy) is 2. The molecule has 1 aromatic carbocycles. The molecule has 1 fully saturated rings. The molecule has 3 atom stereocenters. The number of carbonyl (C=O) groups is 1. The molecule has 1 amide bonds. The third kappa shape index (κ3) is 5.29. The molecule has 0 spiro atoms. The van der Waals surface area contributed by atoms with Crippen molar-refractivity contribution < 1.29 is 19.4 Å². The second-order valence-corrected chi connectivity index (χ2v) is 7.99. The Morgan fingerprint density at radius 2 is 2.10 bits per heavy atom. The Bertz CT molecular complexity index is 808. The molecule has 29 heavy (non-hydrogen) atoms. The van der Waals surface area contributed by atoms with E-state index in [4.69, 9.17) is 9.47 Å². The number of benzene rings is 1. The van der Waals surface area contributed by atoms with Crippen molar-refractivity contribution in [3.63, 3.8) is 0 Å². The number of nitrogens with one attached hydrogen (secondary N) is 1. The minimum atomic E-state index is -0.485. The van der Waals surface area contributed by atoms with Crippen LogP contribution in [0.3, 0.4) is 0 Å². The van der Waals surface area contributed by atoms with Gasteiger partial charge in [0.15, 0.2) is 11.5 Å². The van der Waals surface area contributed by atoms with E-state index in [0.717, 1.165) is 49.3 Å². The van der Waals surface area contributed by atoms with Crippen molar-refractivity contribution in [1.82, 2.24) is 15.1 Å². The van der Waals surface area contributed by atoms with Crippen LogP contribution in [0.1, 0.15) is 37.7 Å². The molecule has 4 rings (SSSR count). The van der Waals surface area contributed by atoms with Crippen molar-refractivity contribution >= 4 is 5.91 Å². The van der Waals surface area contributed by atoms with Crippen LogP contribution in [-0.2, 0) is 17.8 Å². The standard InChI is InChI=1S/C22H29N3O4/c26-19-13-17(15-25-9-2-8-23-25)12-18(19)24-22(27)5-1-4-16-6-7-20-21(14-16)29-11-3-10-28-20/h2,6-9,14,17-19,26H,1,3-5,10-13,15H2,(H,24,27)/t17?,18-,19-/m1/s1. The predicted molar refractivity (Wildman–Crippen MR) is 108 cm³/mol. The average molecular weight is 399 g/mol. The molecular formula is C22H29N3O4. The van der Waals surface area contributed by atoms with Crippen molar-refractivity contribution in [2.75, 3.05) is 13.2 Å². The number of nitrogens with zero attached hydrogens (tertiary/aromatic N) is 2. The lowest BCUT2D eigenvalue weighted by molar-refractivity contribution is -0.122. The monoisotopic (exact) mass is 399 g/mol. The smallest absolute Gasteiger partial charge is 0.220 e. The van der Waals surface area contributed by atoms with Crippen LogP contribution < -0.4 is 14.8 Å². The first-order chi connectivity index (χ1) is 14.2. The number of aliphatic hydroxyl groups is 1. The summed E-state index contributed by atoms with van der Waals surface area (Å²) >= 11 is 0. The van der Waals surface area contributed by atoms with Gasteiger partial charge in [0.1, 0.15) is 0 Å². The molecule has 2 heterocycles. The molecular weight excluding hydrogens is 370 g/mol. The molecule has 0 bridgehead atoms. The highest BCUT2D eigenvalue weighted by molar-refractivity contribution is 5.76. The Morgan fingerprint density at radius 3 is 2.93 bits per heavy atom. The molecule has 1 aliphatic carbocycles. The zero-order valence-corrected chi connectivity index (χ0v) is 16.6. The van der Waals surface area contributed by atoms with Gasteiger partial charge in [-0.25, -0.2) is 0 Å². The number of aryl methyl sites for hydroxylation is 1. The van der Waals surface area contributed by atoms with E-state index in [1.807, 2.05) is 35.1 Å². The molecule has 156 valence electrons. The molecule has 1 saturated carbocycles. The lowest BCUT2D eigenvalue weighted by atomic mass is 10.1. The van der Waals surface area contributed by atoms with E-state index in [1.54, 1.807) is 6.20 Å². The lowest BCUT2D eigenvalue weighted by Crippen LogP contribution is -2.39. The van der Waals surface area contributed by atoms with Gasteiger partial charge < -0.3 is 19.9 Å². The number of hydrogen-bond acceptors (Lipinski definition) is 5. The molecule has 2 aromatic rings. The Morgan fingerprint density at radius 1 is 1.24 bits per heavy atom. The SMILES string of the molecule is O=C(CCCc1ccc2c(c1)OCCCO2)N[C@@H]1CC(Cn2cccn2)C[C@H]1O. The van der Waals surface area contributed by atoms with Crippen molar-refractivity contribution in [2.45, 2.75) is 57.2 Å². The number of hydrogen-bond donors (Lipinski definition) is 2. The van der Waals surface area contributed by atoms with Crippen molar-refractivity contribution in [3.05, 3.63) is 42.2 Å². The first kappa shape index (κ1) is 19.8. The van der Waals surface area contributed by atoms with E-state index in [1.165, 1.54) is 0 Å². The van der Waals surface area contributed by atoms with E-state index in [9.17, 15) is 9.90 Å². The topological polar surface area (TPSA) is 85.6 Å². The van der Waals surface area contributed by atoms with Gasteiger partial charge in [-0.15, -0.1) is 0 Å². The van der Waals surface area contributed by atoms with Gasteiger partial charge >= 0.3 is 0 Å². The highest BCUT2D eigenvalue weighted by Crippen LogP contribution is 2.31. The van der Waals surface area contributed by atoms with Gasteiger partial charge in [0.25, 0.3) is 0 Å². The maximum atomic E-state index is 12.4. The Hall–Kier alpha value is -2.54. The van der Waals surface area contributed by atoms with E-state index in [-0.39, 0.29) is 11.9 Å². The van der Waals surface area contributed by atoms with Crippen LogP contribution in [0.25, 0.3) is 0 Å². The van der Waals surface area contributed by atoms with Crippen molar-refractivity contribution in [1.29, 1.82) is 0 Å². The first-order valence-electron chi connectivity index (χ1n) is 10.5. The average Bonchev–Trinajstić information content (AvgIpc) is 3.25. The summed E-state index contributed by atoms with van der Waals surface area (Å²) in [5.74, 6) is 1.92. The molecule has 0 radical (unpaired) electrons. The molecule has 2 aliphatic rings. The third-order valence-corrected chi connectivity index (χ3v) is 5.66. The summed E-state index contributed by atoms with van der Waals surface area (Å²) in [5, 5.41) is 17.5. The minimum Gasteiger partial charge on any atom is -0.490 e. The summed E-state index contributed by atoms with van der Waals surface area (Å²) in [6, 6.07) is 7.73. The number of carbonyl (C=O) groups excluding carboxylic acids is 1. The van der Waals surface area contributed by atoms with Gasteiger partial charge in [0, 0.05) is 31.8 Å². The fraction of sp³-hybridized carbons (Fsp3) is 0.545. The predicted octanol–water partition coefficient (Wildman–Crippen LogP) is 2.32. The van der Waals surface area contributed by atoms with Gasteiger partial charge in [-0.1, -0.05) is 6.07 Å². The summed E-state index contributed by atoms with van der Waals surface area (Å²) < 4.78 is 13.3.